The van der Waals surface area contributed by atoms with E-state index in [1.54, 1.807) is 0 Å². The fourth-order valence-electron chi connectivity index (χ4n) is 0.553. The minimum Gasteiger partial charge on any atom is -0.870 e. The maximum atomic E-state index is 3.76. The second-order valence-corrected chi connectivity index (χ2v) is 2.39. The number of unbranched alkanes of at least 4 members (excludes halogenated alkanes) is 1. The molecule has 0 amide bonds. The Kier molecular flexibility index (Phi) is 61.0. The summed E-state index contributed by atoms with van der Waals surface area (Å²) in [7, 11) is 0. The summed E-state index contributed by atoms with van der Waals surface area (Å²) in [4.78, 5) is 0. The van der Waals surface area contributed by atoms with Crippen molar-refractivity contribution in [3.63, 3.8) is 0 Å². The maximum absolute atomic E-state index is 3.76. The fraction of sp³-hybridized carbons (Fsp3) is 0.857. The smallest absolute Gasteiger partial charge is 0.870 e. The molecule has 11 heavy (non-hydrogen) atoms. The van der Waals surface area contributed by atoms with E-state index >= 15 is 0 Å². The van der Waals surface area contributed by atoms with Crippen LogP contribution in [-0.4, -0.2) is 16.4 Å². The van der Waals surface area contributed by atoms with Crippen molar-refractivity contribution in [2.24, 2.45) is 5.92 Å². The monoisotopic (exact) mass is 198 g/mol. The molecule has 0 aliphatic carbocycles. The summed E-state index contributed by atoms with van der Waals surface area (Å²) in [6.07, 6.45) is 3.72. The summed E-state index contributed by atoms with van der Waals surface area (Å²) in [6, 6.07) is 0. The van der Waals surface area contributed by atoms with E-state index in [-0.39, 0.29) is 38.1 Å². The molecule has 0 saturated heterocycles. The summed E-state index contributed by atoms with van der Waals surface area (Å²) in [5, 5.41) is 0. The second kappa shape index (κ2) is 22.4. The van der Waals surface area contributed by atoms with E-state index in [0.717, 1.165) is 12.3 Å². The van der Waals surface area contributed by atoms with E-state index in [9.17, 15) is 0 Å². The van der Waals surface area contributed by atoms with Gasteiger partial charge >= 0.3 is 21.7 Å². The Balaban J connectivity index is -0.0000000300. The SMILES string of the molecule is [CH2-]CCCC(C)C.[OH-].[OH-].[OH-].[Ti+4]. The zero-order valence-electron chi connectivity index (χ0n) is 7.25. The van der Waals surface area contributed by atoms with Gasteiger partial charge in [-0.15, -0.1) is 0 Å². The van der Waals surface area contributed by atoms with Crippen LogP contribution in [0.3, 0.4) is 0 Å². The largest absolute Gasteiger partial charge is 4.00 e. The predicted octanol–water partition coefficient (Wildman–Crippen LogP) is 2.11. The van der Waals surface area contributed by atoms with Gasteiger partial charge in [-0.3, -0.25) is 0 Å². The van der Waals surface area contributed by atoms with Gasteiger partial charge in [-0.05, 0) is 5.92 Å². The molecule has 0 aliphatic heterocycles. The number of hydrogen-bond acceptors (Lipinski definition) is 3. The normalized spacial score (nSPS) is 6.55. The van der Waals surface area contributed by atoms with Crippen LogP contribution in [0.2, 0.25) is 0 Å². The zero-order chi connectivity index (χ0) is 5.70. The first-order valence-electron chi connectivity index (χ1n) is 3.06. The zero-order valence-corrected chi connectivity index (χ0v) is 8.81. The number of hydrogen-bond donors (Lipinski definition) is 0. The molecule has 0 aromatic rings. The first-order chi connectivity index (χ1) is 3.27. The van der Waals surface area contributed by atoms with Crippen molar-refractivity contribution in [2.75, 3.05) is 0 Å². The van der Waals surface area contributed by atoms with E-state index in [0.29, 0.717) is 0 Å². The summed E-state index contributed by atoms with van der Waals surface area (Å²) in [6.45, 7) is 8.25. The molecule has 0 bridgehead atoms. The van der Waals surface area contributed by atoms with Gasteiger partial charge in [-0.2, -0.15) is 6.42 Å². The summed E-state index contributed by atoms with van der Waals surface area (Å²) >= 11 is 0. The van der Waals surface area contributed by atoms with Crippen molar-refractivity contribution >= 4 is 0 Å². The molecule has 0 fully saturated rings. The van der Waals surface area contributed by atoms with Crippen LogP contribution in [0.4, 0.5) is 0 Å². The molecule has 0 radical (unpaired) electrons. The van der Waals surface area contributed by atoms with Crippen molar-refractivity contribution in [3.8, 4) is 0 Å². The van der Waals surface area contributed by atoms with E-state index < -0.39 is 0 Å². The predicted molar refractivity (Wildman–Crippen MR) is 39.9 cm³/mol. The molecule has 0 aromatic heterocycles. The molecule has 0 unspecified atom stereocenters. The summed E-state index contributed by atoms with van der Waals surface area (Å²) in [5.74, 6) is 0.863. The molecule has 0 atom stereocenters. The Morgan fingerprint density at radius 2 is 1.45 bits per heavy atom. The Bertz CT molecular complexity index is 42.7. The van der Waals surface area contributed by atoms with Crippen molar-refractivity contribution in [1.82, 2.24) is 0 Å². The van der Waals surface area contributed by atoms with Crippen LogP contribution in [0.25, 0.3) is 0 Å². The Hall–Kier alpha value is 0.594. The van der Waals surface area contributed by atoms with E-state index in [2.05, 4.69) is 20.8 Å². The van der Waals surface area contributed by atoms with Crippen LogP contribution >= 0.6 is 0 Å². The Morgan fingerprint density at radius 1 is 1.09 bits per heavy atom. The van der Waals surface area contributed by atoms with Gasteiger partial charge in [-0.25, -0.2) is 0 Å². The summed E-state index contributed by atoms with van der Waals surface area (Å²) < 4.78 is 0. The van der Waals surface area contributed by atoms with Crippen LogP contribution < -0.4 is 0 Å². The van der Waals surface area contributed by atoms with Gasteiger partial charge < -0.3 is 23.4 Å². The molecule has 0 saturated carbocycles. The van der Waals surface area contributed by atoms with Gasteiger partial charge in [0.25, 0.3) is 0 Å². The molecule has 0 rings (SSSR count). The maximum Gasteiger partial charge on any atom is 4.00 e. The summed E-state index contributed by atoms with van der Waals surface area (Å²) in [5.41, 5.74) is 0. The van der Waals surface area contributed by atoms with Gasteiger partial charge in [-0.1, -0.05) is 26.7 Å². The average molecular weight is 198 g/mol. The third-order valence-corrected chi connectivity index (χ3v) is 1.03. The fourth-order valence-corrected chi connectivity index (χ4v) is 0.553. The molecular formula is C7H18O3Ti. The van der Waals surface area contributed by atoms with Crippen LogP contribution in [0, 0.1) is 12.8 Å². The van der Waals surface area contributed by atoms with Gasteiger partial charge in [0.1, 0.15) is 0 Å². The molecule has 0 aliphatic rings. The molecule has 3 nitrogen and oxygen atoms in total. The standard InChI is InChI=1S/C7H15.3H2O.Ti/c1-4-5-6-7(2)3;;;;/h7H,1,4-6H2,2-3H3;3*1H2;/q-1;;;;+4/p-3. The van der Waals surface area contributed by atoms with Crippen LogP contribution in [0.1, 0.15) is 33.1 Å². The Morgan fingerprint density at radius 3 is 1.55 bits per heavy atom. The van der Waals surface area contributed by atoms with Crippen molar-refractivity contribution in [3.05, 3.63) is 6.92 Å². The van der Waals surface area contributed by atoms with Crippen molar-refractivity contribution in [2.45, 2.75) is 33.1 Å². The van der Waals surface area contributed by atoms with E-state index in [1.165, 1.54) is 12.8 Å². The van der Waals surface area contributed by atoms with Crippen LogP contribution in [0.15, 0.2) is 0 Å². The van der Waals surface area contributed by atoms with Crippen LogP contribution in [0.5, 0.6) is 0 Å². The third kappa shape index (κ3) is 37.1. The molecule has 68 valence electrons. The minimum absolute atomic E-state index is 0. The number of rotatable bonds is 3. The third-order valence-electron chi connectivity index (χ3n) is 1.03. The topological polar surface area (TPSA) is 90.0 Å². The van der Waals surface area contributed by atoms with Gasteiger partial charge in [0.15, 0.2) is 0 Å². The first kappa shape index (κ1) is 29.9. The molecular weight excluding hydrogens is 180 g/mol. The van der Waals surface area contributed by atoms with Crippen LogP contribution in [-0.2, 0) is 21.7 Å². The molecule has 0 aromatic carbocycles. The minimum atomic E-state index is 0. The van der Waals surface area contributed by atoms with Crippen molar-refractivity contribution in [1.29, 1.82) is 0 Å². The van der Waals surface area contributed by atoms with E-state index in [1.807, 2.05) is 0 Å². The van der Waals surface area contributed by atoms with Gasteiger partial charge in [0, 0.05) is 0 Å². The van der Waals surface area contributed by atoms with E-state index in [4.69, 9.17) is 0 Å². The van der Waals surface area contributed by atoms with Gasteiger partial charge in [0.2, 0.25) is 0 Å². The molecule has 4 heteroatoms. The average Bonchev–Trinajstić information content (AvgIpc) is 1.61. The second-order valence-electron chi connectivity index (χ2n) is 2.39. The Labute approximate surface area is 84.4 Å². The van der Waals surface area contributed by atoms with Crippen molar-refractivity contribution < 1.29 is 38.1 Å². The molecule has 0 heterocycles. The molecule has 0 spiro atoms. The first-order valence-corrected chi connectivity index (χ1v) is 3.06. The quantitative estimate of drug-likeness (QED) is 0.513. The molecule has 3 N–H and O–H groups in total. The van der Waals surface area contributed by atoms with Gasteiger partial charge in [0.05, 0.1) is 0 Å².